The summed E-state index contributed by atoms with van der Waals surface area (Å²) in [5.74, 6) is 0. The van der Waals surface area contributed by atoms with Crippen LogP contribution < -0.4 is 0 Å². The summed E-state index contributed by atoms with van der Waals surface area (Å²) in [5.41, 5.74) is 4.29. The van der Waals surface area contributed by atoms with Gasteiger partial charge < -0.3 is 0 Å². The lowest BCUT2D eigenvalue weighted by atomic mass is 9.72. The highest BCUT2D eigenvalue weighted by molar-refractivity contribution is 5.52. The van der Waals surface area contributed by atoms with Crippen molar-refractivity contribution in [3.05, 3.63) is 72.4 Å². The Labute approximate surface area is 152 Å². The van der Waals surface area contributed by atoms with Crippen LogP contribution in [0.15, 0.2) is 72.4 Å². The van der Waals surface area contributed by atoms with Gasteiger partial charge in [-0.15, -0.1) is 0 Å². The Morgan fingerprint density at radius 3 is 1.88 bits per heavy atom. The molecule has 0 spiro atoms. The fourth-order valence-corrected chi connectivity index (χ4v) is 3.59. The van der Waals surface area contributed by atoms with Crippen molar-refractivity contribution in [3.8, 4) is 0 Å². The van der Waals surface area contributed by atoms with Crippen molar-refractivity contribution in [2.75, 3.05) is 0 Å². The van der Waals surface area contributed by atoms with E-state index in [9.17, 15) is 0 Å². The molecule has 1 rings (SSSR count). The van der Waals surface area contributed by atoms with E-state index in [1.54, 1.807) is 0 Å². The summed E-state index contributed by atoms with van der Waals surface area (Å²) in [4.78, 5) is 0. The van der Waals surface area contributed by atoms with Gasteiger partial charge in [0.1, 0.15) is 0 Å². The molecular formula is C24H40. The molecule has 0 radical (unpaired) electrons. The van der Waals surface area contributed by atoms with Crippen LogP contribution >= 0.6 is 0 Å². The summed E-state index contributed by atoms with van der Waals surface area (Å²) >= 11 is 0. The smallest absolute Gasteiger partial charge is 0.0182 e. The lowest BCUT2D eigenvalue weighted by molar-refractivity contribution is 0.343. The molecule has 0 heterocycles. The molecular weight excluding hydrogens is 288 g/mol. The summed E-state index contributed by atoms with van der Waals surface area (Å²) in [6, 6.07) is 0. The molecule has 0 saturated carbocycles. The minimum absolute atomic E-state index is 0.0355. The van der Waals surface area contributed by atoms with E-state index in [4.69, 9.17) is 0 Å². The van der Waals surface area contributed by atoms with Gasteiger partial charge in [-0.05, 0) is 42.4 Å². The van der Waals surface area contributed by atoms with E-state index in [1.165, 1.54) is 16.7 Å². The third-order valence-electron chi connectivity index (χ3n) is 4.31. The zero-order valence-corrected chi connectivity index (χ0v) is 17.7. The van der Waals surface area contributed by atoms with Crippen LogP contribution in [0.2, 0.25) is 0 Å². The number of hydrogen-bond donors (Lipinski definition) is 0. The zero-order chi connectivity index (χ0) is 19.4. The predicted molar refractivity (Wildman–Crippen MR) is 114 cm³/mol. The van der Waals surface area contributed by atoms with Gasteiger partial charge in [-0.2, -0.15) is 0 Å². The molecule has 0 aromatic rings. The third kappa shape index (κ3) is 5.51. The van der Waals surface area contributed by atoms with Crippen molar-refractivity contribution < 1.29 is 0 Å². The van der Waals surface area contributed by atoms with Crippen LogP contribution in [-0.2, 0) is 0 Å². The first-order valence-corrected chi connectivity index (χ1v) is 9.33. The molecule has 1 unspecified atom stereocenters. The van der Waals surface area contributed by atoms with Crippen molar-refractivity contribution in [2.24, 2.45) is 10.8 Å². The number of hydrogen-bond acceptors (Lipinski definition) is 0. The van der Waals surface area contributed by atoms with E-state index in [0.29, 0.717) is 0 Å². The average Bonchev–Trinajstić information content (AvgIpc) is 2.78. The van der Waals surface area contributed by atoms with Gasteiger partial charge in [-0.25, -0.2) is 0 Å². The van der Waals surface area contributed by atoms with Crippen LogP contribution in [0.3, 0.4) is 0 Å². The molecule has 1 atom stereocenters. The first-order chi connectivity index (χ1) is 11.4. The molecule has 0 heteroatoms. The quantitative estimate of drug-likeness (QED) is 0.446. The van der Waals surface area contributed by atoms with Gasteiger partial charge in [0, 0.05) is 5.41 Å². The predicted octanol–water partition coefficient (Wildman–Crippen LogP) is 8.22. The standard InChI is InChI=1S/C20H28.2C2H6/c1-8-12-14-16(10-3)20(7)15-19(5,6)17(11-4)18(20)13-9-2;2*1-2/h8-14H,1,4,15H2,2-3,5-7H3;2*1-2H3/b13-9-,14-12-,16-10+;;. The Morgan fingerprint density at radius 2 is 1.50 bits per heavy atom. The number of rotatable bonds is 5. The molecule has 0 aromatic heterocycles. The molecule has 0 amide bonds. The third-order valence-corrected chi connectivity index (χ3v) is 4.31. The summed E-state index contributed by atoms with van der Waals surface area (Å²) < 4.78 is 0. The Kier molecular flexibility index (Phi) is 12.2. The molecule has 0 fully saturated rings. The van der Waals surface area contributed by atoms with Crippen molar-refractivity contribution in [2.45, 2.75) is 68.7 Å². The molecule has 0 bridgehead atoms. The fourth-order valence-electron chi connectivity index (χ4n) is 3.59. The van der Waals surface area contributed by atoms with Crippen LogP contribution in [0.4, 0.5) is 0 Å². The lowest BCUT2D eigenvalue weighted by Gasteiger charge is -2.31. The van der Waals surface area contributed by atoms with E-state index in [2.05, 4.69) is 72.1 Å². The van der Waals surface area contributed by atoms with Gasteiger partial charge in [-0.1, -0.05) is 104 Å². The van der Waals surface area contributed by atoms with Crippen LogP contribution in [-0.4, -0.2) is 0 Å². The van der Waals surface area contributed by atoms with Gasteiger partial charge in [0.05, 0.1) is 0 Å². The summed E-state index contributed by atoms with van der Waals surface area (Å²) in [7, 11) is 0. The highest BCUT2D eigenvalue weighted by Crippen LogP contribution is 2.57. The molecule has 136 valence electrons. The second-order valence-electron chi connectivity index (χ2n) is 6.26. The van der Waals surface area contributed by atoms with E-state index < -0.39 is 0 Å². The van der Waals surface area contributed by atoms with E-state index in [1.807, 2.05) is 45.9 Å². The van der Waals surface area contributed by atoms with Gasteiger partial charge in [0.25, 0.3) is 0 Å². The topological polar surface area (TPSA) is 0 Å². The Hall–Kier alpha value is -1.56. The summed E-state index contributed by atoms with van der Waals surface area (Å²) in [6.07, 6.45) is 15.8. The van der Waals surface area contributed by atoms with Crippen molar-refractivity contribution >= 4 is 0 Å². The van der Waals surface area contributed by atoms with Gasteiger partial charge in [0.2, 0.25) is 0 Å². The first kappa shape index (κ1) is 24.7. The second kappa shape index (κ2) is 11.9. The van der Waals surface area contributed by atoms with Gasteiger partial charge in [-0.3, -0.25) is 0 Å². The summed E-state index contributed by atoms with van der Waals surface area (Å²) in [6.45, 7) is 27.0. The lowest BCUT2D eigenvalue weighted by Crippen LogP contribution is -2.20. The van der Waals surface area contributed by atoms with Crippen LogP contribution in [0.5, 0.6) is 0 Å². The zero-order valence-electron chi connectivity index (χ0n) is 17.7. The maximum absolute atomic E-state index is 4.04. The van der Waals surface area contributed by atoms with Crippen LogP contribution in [0, 0.1) is 10.8 Å². The number of allylic oxidation sites excluding steroid dienone is 10. The molecule has 1 aliphatic carbocycles. The van der Waals surface area contributed by atoms with E-state index >= 15 is 0 Å². The maximum atomic E-state index is 4.04. The normalized spacial score (nSPS) is 22.8. The van der Waals surface area contributed by atoms with E-state index in [0.717, 1.165) is 6.42 Å². The largest absolute Gasteiger partial charge is 0.0991 e. The Bertz CT molecular complexity index is 506. The highest BCUT2D eigenvalue weighted by Gasteiger charge is 2.45. The molecule has 0 N–H and O–H groups in total. The second-order valence-corrected chi connectivity index (χ2v) is 6.26. The van der Waals surface area contributed by atoms with Crippen molar-refractivity contribution in [3.63, 3.8) is 0 Å². The molecule has 0 nitrogen and oxygen atoms in total. The SMILES string of the molecule is C=C/C=C\C(=C/C)C1(C)CC(C)(C)C(C=C)=C1/C=C\C.CC.CC. The Balaban J connectivity index is 0. The molecule has 1 aliphatic rings. The first-order valence-electron chi connectivity index (χ1n) is 9.33. The fraction of sp³-hybridized carbons (Fsp3) is 0.500. The van der Waals surface area contributed by atoms with Crippen LogP contribution in [0.25, 0.3) is 0 Å². The van der Waals surface area contributed by atoms with Crippen molar-refractivity contribution in [1.82, 2.24) is 0 Å². The van der Waals surface area contributed by atoms with Crippen LogP contribution in [0.1, 0.15) is 68.7 Å². The molecule has 0 aromatic carbocycles. The average molecular weight is 329 g/mol. The van der Waals surface area contributed by atoms with E-state index in [-0.39, 0.29) is 10.8 Å². The molecule has 0 saturated heterocycles. The minimum Gasteiger partial charge on any atom is -0.0991 e. The monoisotopic (exact) mass is 328 g/mol. The van der Waals surface area contributed by atoms with Crippen molar-refractivity contribution in [1.29, 1.82) is 0 Å². The maximum Gasteiger partial charge on any atom is 0.0182 e. The molecule has 0 aliphatic heterocycles. The highest BCUT2D eigenvalue weighted by atomic mass is 14.5. The summed E-state index contributed by atoms with van der Waals surface area (Å²) in [5, 5.41) is 0. The minimum atomic E-state index is 0.0355. The molecule has 24 heavy (non-hydrogen) atoms. The van der Waals surface area contributed by atoms with Gasteiger partial charge >= 0.3 is 0 Å². The Morgan fingerprint density at radius 1 is 0.958 bits per heavy atom. The van der Waals surface area contributed by atoms with Gasteiger partial charge in [0.15, 0.2) is 0 Å².